The van der Waals surface area contributed by atoms with Gasteiger partial charge >= 0.3 is 0 Å². The first-order valence-corrected chi connectivity index (χ1v) is 5.42. The van der Waals surface area contributed by atoms with Crippen molar-refractivity contribution in [3.63, 3.8) is 0 Å². The van der Waals surface area contributed by atoms with E-state index in [0.29, 0.717) is 6.54 Å². The molecule has 4 N–H and O–H groups in total. The van der Waals surface area contributed by atoms with Crippen LogP contribution < -0.4 is 11.5 Å². The second-order valence-electron chi connectivity index (χ2n) is 3.83. The average molecular weight is 212 g/mol. The van der Waals surface area contributed by atoms with Gasteiger partial charge in [0.15, 0.2) is 0 Å². The zero-order valence-electron chi connectivity index (χ0n) is 9.14. The SMILES string of the molecule is NC[C@H](N)c1cccc(-c2ccccc2)c1. The average Bonchev–Trinajstić information content (AvgIpc) is 2.39. The fourth-order valence-corrected chi connectivity index (χ4v) is 1.72. The van der Waals surface area contributed by atoms with Gasteiger partial charge in [0.2, 0.25) is 0 Å². The fourth-order valence-electron chi connectivity index (χ4n) is 1.72. The van der Waals surface area contributed by atoms with Crippen molar-refractivity contribution in [2.75, 3.05) is 6.54 Å². The standard InChI is InChI=1S/C14H16N2/c15-10-14(16)13-8-4-7-12(9-13)11-5-2-1-3-6-11/h1-9,14H,10,15-16H2/t14-/m0/s1. The molecule has 0 unspecified atom stereocenters. The van der Waals surface area contributed by atoms with Gasteiger partial charge in [-0.1, -0.05) is 48.5 Å². The maximum atomic E-state index is 5.92. The lowest BCUT2D eigenvalue weighted by Crippen LogP contribution is -2.20. The van der Waals surface area contributed by atoms with E-state index in [0.717, 1.165) is 5.56 Å². The summed E-state index contributed by atoms with van der Waals surface area (Å²) in [5, 5.41) is 0. The lowest BCUT2D eigenvalue weighted by molar-refractivity contribution is 0.737. The van der Waals surface area contributed by atoms with Gasteiger partial charge in [-0.15, -0.1) is 0 Å². The zero-order valence-corrected chi connectivity index (χ0v) is 9.14. The number of nitrogens with two attached hydrogens (primary N) is 2. The summed E-state index contributed by atoms with van der Waals surface area (Å²) in [7, 11) is 0. The molecule has 2 rings (SSSR count). The van der Waals surface area contributed by atoms with E-state index in [1.165, 1.54) is 11.1 Å². The molecular weight excluding hydrogens is 196 g/mol. The van der Waals surface area contributed by atoms with Gasteiger partial charge in [-0.05, 0) is 22.8 Å². The minimum atomic E-state index is -0.0799. The summed E-state index contributed by atoms with van der Waals surface area (Å²) in [6.07, 6.45) is 0. The van der Waals surface area contributed by atoms with E-state index in [-0.39, 0.29) is 6.04 Å². The molecule has 0 radical (unpaired) electrons. The van der Waals surface area contributed by atoms with E-state index in [1.54, 1.807) is 0 Å². The van der Waals surface area contributed by atoms with E-state index in [9.17, 15) is 0 Å². The molecule has 0 aliphatic carbocycles. The molecule has 1 atom stereocenters. The maximum Gasteiger partial charge on any atom is 0.0419 e. The monoisotopic (exact) mass is 212 g/mol. The molecule has 2 heteroatoms. The third-order valence-corrected chi connectivity index (χ3v) is 2.68. The fraction of sp³-hybridized carbons (Fsp3) is 0.143. The van der Waals surface area contributed by atoms with Gasteiger partial charge in [0.05, 0.1) is 0 Å². The molecule has 0 heterocycles. The predicted molar refractivity (Wildman–Crippen MR) is 67.9 cm³/mol. The third-order valence-electron chi connectivity index (χ3n) is 2.68. The molecule has 0 aliphatic rings. The Hall–Kier alpha value is -1.64. The Balaban J connectivity index is 2.36. The zero-order chi connectivity index (χ0) is 11.4. The van der Waals surface area contributed by atoms with E-state index in [4.69, 9.17) is 11.5 Å². The molecule has 0 saturated carbocycles. The van der Waals surface area contributed by atoms with Crippen molar-refractivity contribution in [1.82, 2.24) is 0 Å². The van der Waals surface area contributed by atoms with Gasteiger partial charge in [-0.3, -0.25) is 0 Å². The van der Waals surface area contributed by atoms with Crippen LogP contribution in [0.25, 0.3) is 11.1 Å². The Bertz CT molecular complexity index is 451. The summed E-state index contributed by atoms with van der Waals surface area (Å²) < 4.78 is 0. The highest BCUT2D eigenvalue weighted by Gasteiger charge is 2.04. The van der Waals surface area contributed by atoms with Gasteiger partial charge in [0.25, 0.3) is 0 Å². The van der Waals surface area contributed by atoms with Crippen molar-refractivity contribution in [3.05, 3.63) is 60.2 Å². The molecule has 16 heavy (non-hydrogen) atoms. The Morgan fingerprint density at radius 3 is 2.25 bits per heavy atom. The van der Waals surface area contributed by atoms with Crippen LogP contribution in [0.2, 0.25) is 0 Å². The van der Waals surface area contributed by atoms with E-state index >= 15 is 0 Å². The molecule has 0 bridgehead atoms. The summed E-state index contributed by atoms with van der Waals surface area (Å²) >= 11 is 0. The number of rotatable bonds is 3. The van der Waals surface area contributed by atoms with Crippen LogP contribution in [0.1, 0.15) is 11.6 Å². The Morgan fingerprint density at radius 2 is 1.56 bits per heavy atom. The van der Waals surface area contributed by atoms with Gasteiger partial charge in [-0.25, -0.2) is 0 Å². The molecule has 0 fully saturated rings. The highest BCUT2D eigenvalue weighted by molar-refractivity contribution is 5.64. The topological polar surface area (TPSA) is 52.0 Å². The summed E-state index contributed by atoms with van der Waals surface area (Å²) in [4.78, 5) is 0. The van der Waals surface area contributed by atoms with Crippen molar-refractivity contribution in [1.29, 1.82) is 0 Å². The van der Waals surface area contributed by atoms with Gasteiger partial charge < -0.3 is 11.5 Å². The van der Waals surface area contributed by atoms with Crippen LogP contribution in [-0.4, -0.2) is 6.54 Å². The normalized spacial score (nSPS) is 12.4. The van der Waals surface area contributed by atoms with Gasteiger partial charge in [0.1, 0.15) is 0 Å². The van der Waals surface area contributed by atoms with E-state index in [1.807, 2.05) is 30.3 Å². The smallest absolute Gasteiger partial charge is 0.0419 e. The van der Waals surface area contributed by atoms with Crippen molar-refractivity contribution >= 4 is 0 Å². The first kappa shape index (κ1) is 10.9. The molecular formula is C14H16N2. The lowest BCUT2D eigenvalue weighted by atomic mass is 10.00. The highest BCUT2D eigenvalue weighted by atomic mass is 14.7. The molecule has 0 aliphatic heterocycles. The summed E-state index contributed by atoms with van der Waals surface area (Å²) in [5.74, 6) is 0. The van der Waals surface area contributed by atoms with Crippen molar-refractivity contribution < 1.29 is 0 Å². The van der Waals surface area contributed by atoms with Crippen LogP contribution in [0.15, 0.2) is 54.6 Å². The number of benzene rings is 2. The van der Waals surface area contributed by atoms with Crippen LogP contribution in [0.5, 0.6) is 0 Å². The highest BCUT2D eigenvalue weighted by Crippen LogP contribution is 2.21. The van der Waals surface area contributed by atoms with Crippen LogP contribution >= 0.6 is 0 Å². The first-order chi connectivity index (χ1) is 7.81. The Morgan fingerprint density at radius 1 is 0.875 bits per heavy atom. The molecule has 0 amide bonds. The summed E-state index contributed by atoms with van der Waals surface area (Å²) in [6.45, 7) is 0.470. The maximum absolute atomic E-state index is 5.92. The number of hydrogen-bond acceptors (Lipinski definition) is 2. The second-order valence-corrected chi connectivity index (χ2v) is 3.83. The molecule has 2 aromatic rings. The van der Waals surface area contributed by atoms with Crippen molar-refractivity contribution in [2.45, 2.75) is 6.04 Å². The van der Waals surface area contributed by atoms with Crippen LogP contribution in [0.4, 0.5) is 0 Å². The number of hydrogen-bond donors (Lipinski definition) is 2. The lowest BCUT2D eigenvalue weighted by Gasteiger charge is -2.10. The quantitative estimate of drug-likeness (QED) is 0.820. The Labute approximate surface area is 95.9 Å². The van der Waals surface area contributed by atoms with Crippen molar-refractivity contribution in [2.24, 2.45) is 11.5 Å². The minimum Gasteiger partial charge on any atom is -0.329 e. The molecule has 2 aromatic carbocycles. The Kier molecular flexibility index (Phi) is 3.34. The molecule has 0 aromatic heterocycles. The minimum absolute atomic E-state index is 0.0799. The molecule has 2 nitrogen and oxygen atoms in total. The third kappa shape index (κ3) is 2.30. The molecule has 0 saturated heterocycles. The molecule has 0 spiro atoms. The van der Waals surface area contributed by atoms with Crippen molar-refractivity contribution in [3.8, 4) is 11.1 Å². The van der Waals surface area contributed by atoms with Crippen LogP contribution in [0, 0.1) is 0 Å². The van der Waals surface area contributed by atoms with Gasteiger partial charge in [-0.2, -0.15) is 0 Å². The largest absolute Gasteiger partial charge is 0.329 e. The predicted octanol–water partition coefficient (Wildman–Crippen LogP) is 2.31. The summed E-state index contributed by atoms with van der Waals surface area (Å²) in [5.41, 5.74) is 15.0. The van der Waals surface area contributed by atoms with Crippen LogP contribution in [0.3, 0.4) is 0 Å². The van der Waals surface area contributed by atoms with E-state index in [2.05, 4.69) is 24.3 Å². The first-order valence-electron chi connectivity index (χ1n) is 5.42. The van der Waals surface area contributed by atoms with E-state index < -0.39 is 0 Å². The van der Waals surface area contributed by atoms with Crippen LogP contribution in [-0.2, 0) is 0 Å². The molecule has 82 valence electrons. The van der Waals surface area contributed by atoms with Gasteiger partial charge in [0, 0.05) is 12.6 Å². The summed E-state index contributed by atoms with van der Waals surface area (Å²) in [6, 6.07) is 18.4. The second kappa shape index (κ2) is 4.92.